The number of carbonyl (C=O) groups excluding carboxylic acids is 1. The van der Waals surface area contributed by atoms with E-state index < -0.39 is 27.8 Å². The molecule has 0 heterocycles. The zero-order valence-electron chi connectivity index (χ0n) is 9.15. The van der Waals surface area contributed by atoms with Gasteiger partial charge in [-0.15, -0.1) is 0 Å². The first-order valence-electron chi connectivity index (χ1n) is 3.98. The Morgan fingerprint density at radius 3 is 2.33 bits per heavy atom. The van der Waals surface area contributed by atoms with Crippen LogP contribution in [0.2, 0.25) is 0 Å². The number of carbonyl (C=O) groups is 1. The summed E-state index contributed by atoms with van der Waals surface area (Å²) in [5.41, 5.74) is 0.238. The Balaban J connectivity index is 0. The van der Waals surface area contributed by atoms with Crippen LogP contribution < -0.4 is 29.6 Å². The van der Waals surface area contributed by atoms with E-state index in [1.807, 2.05) is 0 Å². The van der Waals surface area contributed by atoms with Gasteiger partial charge < -0.3 is 9.29 Å². The van der Waals surface area contributed by atoms with Crippen molar-refractivity contribution in [3.8, 4) is 0 Å². The first-order chi connectivity index (χ1) is 6.22. The van der Waals surface area contributed by atoms with Gasteiger partial charge >= 0.3 is 35.5 Å². The SMILES string of the molecule is C=C(C)C(=O)OCC(C)CS(=O)(=O)[O-].[Na+]. The second-order valence-corrected chi connectivity index (χ2v) is 4.66. The fourth-order valence-electron chi connectivity index (χ4n) is 0.738. The molecule has 0 aliphatic rings. The molecule has 0 aromatic heterocycles. The third kappa shape index (κ3) is 10.4. The minimum Gasteiger partial charge on any atom is -0.748 e. The smallest absolute Gasteiger partial charge is 0.748 e. The van der Waals surface area contributed by atoms with Crippen molar-refractivity contribution >= 4 is 16.1 Å². The maximum atomic E-state index is 10.9. The average molecular weight is 244 g/mol. The molecule has 15 heavy (non-hydrogen) atoms. The van der Waals surface area contributed by atoms with Gasteiger partial charge in [-0.1, -0.05) is 13.5 Å². The zero-order chi connectivity index (χ0) is 11.4. The van der Waals surface area contributed by atoms with Crippen LogP contribution in [0.1, 0.15) is 13.8 Å². The minimum absolute atomic E-state index is 0. The molecule has 0 aromatic carbocycles. The van der Waals surface area contributed by atoms with E-state index in [1.54, 1.807) is 0 Å². The van der Waals surface area contributed by atoms with Gasteiger partial charge in [-0.2, -0.15) is 0 Å². The van der Waals surface area contributed by atoms with Crippen LogP contribution in [-0.2, 0) is 19.6 Å². The molecule has 0 amide bonds. The Bertz CT molecular complexity index is 322. The van der Waals surface area contributed by atoms with Crippen molar-refractivity contribution < 1.29 is 52.1 Å². The van der Waals surface area contributed by atoms with Gasteiger partial charge in [-0.25, -0.2) is 13.2 Å². The summed E-state index contributed by atoms with van der Waals surface area (Å²) in [6, 6.07) is 0. The Labute approximate surface area is 112 Å². The molecular formula is C8H13NaO5S. The Morgan fingerprint density at radius 1 is 1.53 bits per heavy atom. The molecular weight excluding hydrogens is 231 g/mol. The normalized spacial score (nSPS) is 12.5. The number of ether oxygens (including phenoxy) is 1. The molecule has 0 saturated heterocycles. The Morgan fingerprint density at radius 2 is 2.00 bits per heavy atom. The molecule has 1 atom stereocenters. The minimum atomic E-state index is -4.26. The first kappa shape index (κ1) is 17.5. The fourth-order valence-corrected chi connectivity index (χ4v) is 1.53. The molecule has 0 N–H and O–H groups in total. The second-order valence-electron chi connectivity index (χ2n) is 3.21. The summed E-state index contributed by atoms with van der Waals surface area (Å²) in [6.07, 6.45) is 0. The van der Waals surface area contributed by atoms with Crippen LogP contribution in [0.25, 0.3) is 0 Å². The van der Waals surface area contributed by atoms with E-state index in [2.05, 4.69) is 11.3 Å². The molecule has 1 unspecified atom stereocenters. The van der Waals surface area contributed by atoms with Crippen LogP contribution >= 0.6 is 0 Å². The third-order valence-corrected chi connectivity index (χ3v) is 2.31. The summed E-state index contributed by atoms with van der Waals surface area (Å²) < 4.78 is 35.6. The molecule has 7 heteroatoms. The standard InChI is InChI=1S/C8H14O5S.Na/c1-6(2)8(9)13-4-7(3)5-14(10,11)12;/h7H,1,4-5H2,2-3H3,(H,10,11,12);/q;+1/p-1. The van der Waals surface area contributed by atoms with Gasteiger partial charge in [0.05, 0.1) is 16.7 Å². The van der Waals surface area contributed by atoms with Gasteiger partial charge in [0.2, 0.25) is 0 Å². The summed E-state index contributed by atoms with van der Waals surface area (Å²) >= 11 is 0. The first-order valence-corrected chi connectivity index (χ1v) is 5.56. The molecule has 0 aliphatic heterocycles. The number of hydrogen-bond acceptors (Lipinski definition) is 5. The van der Waals surface area contributed by atoms with E-state index in [9.17, 15) is 17.8 Å². The van der Waals surface area contributed by atoms with Gasteiger partial charge in [-0.3, -0.25) is 0 Å². The van der Waals surface area contributed by atoms with Crippen molar-refractivity contribution in [1.29, 1.82) is 0 Å². The predicted molar refractivity (Wildman–Crippen MR) is 49.5 cm³/mol. The summed E-state index contributed by atoms with van der Waals surface area (Å²) in [5, 5.41) is 0. The van der Waals surface area contributed by atoms with Crippen LogP contribution in [0.15, 0.2) is 12.2 Å². The molecule has 0 spiro atoms. The van der Waals surface area contributed by atoms with Crippen LogP contribution in [-0.4, -0.2) is 31.3 Å². The Hall–Kier alpha value is 0.120. The predicted octanol–water partition coefficient (Wildman–Crippen LogP) is -2.71. The van der Waals surface area contributed by atoms with E-state index in [4.69, 9.17) is 0 Å². The quantitative estimate of drug-likeness (QED) is 0.227. The van der Waals surface area contributed by atoms with Crippen LogP contribution in [0.4, 0.5) is 0 Å². The van der Waals surface area contributed by atoms with Crippen molar-refractivity contribution in [1.82, 2.24) is 0 Å². The summed E-state index contributed by atoms with van der Waals surface area (Å²) in [4.78, 5) is 10.9. The Kier molecular flexibility index (Phi) is 8.64. The van der Waals surface area contributed by atoms with Crippen LogP contribution in [0.3, 0.4) is 0 Å². The molecule has 82 valence electrons. The van der Waals surface area contributed by atoms with Crippen LogP contribution in [0, 0.1) is 5.92 Å². The summed E-state index contributed by atoms with van der Waals surface area (Å²) in [7, 11) is -4.26. The third-order valence-electron chi connectivity index (χ3n) is 1.34. The van der Waals surface area contributed by atoms with E-state index in [-0.39, 0.29) is 41.7 Å². The van der Waals surface area contributed by atoms with Crippen LogP contribution in [0.5, 0.6) is 0 Å². The molecule has 0 radical (unpaired) electrons. The number of esters is 1. The second kappa shape index (κ2) is 7.40. The summed E-state index contributed by atoms with van der Waals surface area (Å²) in [5.74, 6) is -1.61. The number of hydrogen-bond donors (Lipinski definition) is 0. The molecule has 0 bridgehead atoms. The van der Waals surface area contributed by atoms with Crippen molar-refractivity contribution in [2.75, 3.05) is 12.4 Å². The monoisotopic (exact) mass is 244 g/mol. The maximum Gasteiger partial charge on any atom is 1.00 e. The zero-order valence-corrected chi connectivity index (χ0v) is 12.0. The molecule has 0 saturated carbocycles. The van der Waals surface area contributed by atoms with Gasteiger partial charge in [0.15, 0.2) is 0 Å². The fraction of sp³-hybridized carbons (Fsp3) is 0.625. The van der Waals surface area contributed by atoms with E-state index in [0.717, 1.165) is 0 Å². The van der Waals surface area contributed by atoms with Gasteiger partial charge in [-0.05, 0) is 6.92 Å². The summed E-state index contributed by atoms with van der Waals surface area (Å²) in [6.45, 7) is 6.26. The molecule has 0 aromatic rings. The average Bonchev–Trinajstić information content (AvgIpc) is 1.96. The van der Waals surface area contributed by atoms with Gasteiger partial charge in [0.25, 0.3) is 0 Å². The van der Waals surface area contributed by atoms with Crippen molar-refractivity contribution in [3.05, 3.63) is 12.2 Å². The topological polar surface area (TPSA) is 83.5 Å². The van der Waals surface area contributed by atoms with Gasteiger partial charge in [0, 0.05) is 17.2 Å². The maximum absolute atomic E-state index is 10.9. The number of rotatable bonds is 5. The van der Waals surface area contributed by atoms with Gasteiger partial charge in [0.1, 0.15) is 0 Å². The van der Waals surface area contributed by atoms with Crippen molar-refractivity contribution in [2.24, 2.45) is 5.92 Å². The van der Waals surface area contributed by atoms with E-state index in [0.29, 0.717) is 0 Å². The van der Waals surface area contributed by atoms with Crippen molar-refractivity contribution in [3.63, 3.8) is 0 Å². The van der Waals surface area contributed by atoms with Crippen molar-refractivity contribution in [2.45, 2.75) is 13.8 Å². The van der Waals surface area contributed by atoms with E-state index in [1.165, 1.54) is 13.8 Å². The largest absolute Gasteiger partial charge is 1.00 e. The molecule has 5 nitrogen and oxygen atoms in total. The van der Waals surface area contributed by atoms with E-state index >= 15 is 0 Å². The molecule has 0 aliphatic carbocycles. The molecule has 0 fully saturated rings. The molecule has 0 rings (SSSR count).